The summed E-state index contributed by atoms with van der Waals surface area (Å²) in [5.74, 6) is 4.74. The number of hydrazine groups is 1. The van der Waals surface area contributed by atoms with E-state index in [-0.39, 0.29) is 5.91 Å². The van der Waals surface area contributed by atoms with Gasteiger partial charge < -0.3 is 10.7 Å². The van der Waals surface area contributed by atoms with Crippen molar-refractivity contribution in [3.63, 3.8) is 0 Å². The summed E-state index contributed by atoms with van der Waals surface area (Å²) in [7, 11) is 0. The quantitative estimate of drug-likeness (QED) is 0.569. The molecule has 5 nitrogen and oxygen atoms in total. The zero-order valence-corrected chi connectivity index (χ0v) is 9.35. The molecule has 4 N–H and O–H groups in total. The van der Waals surface area contributed by atoms with Gasteiger partial charge in [0.25, 0.3) is 5.91 Å². The number of nitrogens with two attached hydrogens (primary N) is 1. The smallest absolute Gasteiger partial charge is 0.256 e. The van der Waals surface area contributed by atoms with Crippen molar-refractivity contribution in [3.05, 3.63) is 54.0 Å². The molecule has 18 heavy (non-hydrogen) atoms. The molecule has 0 spiro atoms. The summed E-state index contributed by atoms with van der Waals surface area (Å²) in [5.41, 5.74) is 3.62. The largest absolute Gasteiger partial charge is 0.324 e. The van der Waals surface area contributed by atoms with Crippen LogP contribution in [0.1, 0.15) is 10.4 Å². The SMILES string of the molecule is NNc1ccc(C(=O)Nc2ccc(F)cn2)cc1. The second kappa shape index (κ2) is 5.24. The maximum absolute atomic E-state index is 12.6. The Morgan fingerprint density at radius 2 is 1.89 bits per heavy atom. The van der Waals surface area contributed by atoms with Gasteiger partial charge in [0.05, 0.1) is 6.20 Å². The molecule has 0 aliphatic rings. The van der Waals surface area contributed by atoms with Crippen molar-refractivity contribution in [1.29, 1.82) is 0 Å². The van der Waals surface area contributed by atoms with Gasteiger partial charge in [0.2, 0.25) is 0 Å². The van der Waals surface area contributed by atoms with Gasteiger partial charge in [-0.15, -0.1) is 0 Å². The highest BCUT2D eigenvalue weighted by Crippen LogP contribution is 2.10. The van der Waals surface area contributed by atoms with Gasteiger partial charge in [-0.2, -0.15) is 0 Å². The Kier molecular flexibility index (Phi) is 3.49. The number of carbonyl (C=O) groups excluding carboxylic acids is 1. The van der Waals surface area contributed by atoms with Gasteiger partial charge in [-0.1, -0.05) is 0 Å². The van der Waals surface area contributed by atoms with Crippen LogP contribution in [0, 0.1) is 5.82 Å². The van der Waals surface area contributed by atoms with Crippen molar-refractivity contribution >= 4 is 17.4 Å². The van der Waals surface area contributed by atoms with Crippen molar-refractivity contribution in [1.82, 2.24) is 4.98 Å². The number of halogens is 1. The molecule has 0 bridgehead atoms. The summed E-state index contributed by atoms with van der Waals surface area (Å²) in [6, 6.07) is 9.20. The summed E-state index contributed by atoms with van der Waals surface area (Å²) in [4.78, 5) is 15.5. The zero-order chi connectivity index (χ0) is 13.0. The van der Waals surface area contributed by atoms with Gasteiger partial charge in [0.1, 0.15) is 11.6 Å². The number of benzene rings is 1. The lowest BCUT2D eigenvalue weighted by Gasteiger charge is -2.05. The highest BCUT2D eigenvalue weighted by atomic mass is 19.1. The Hall–Kier alpha value is -2.47. The number of hydrogen-bond acceptors (Lipinski definition) is 4. The third-order valence-corrected chi connectivity index (χ3v) is 2.28. The standard InChI is InChI=1S/C12H11FN4O/c13-9-3-6-11(15-7-9)16-12(18)8-1-4-10(17-14)5-2-8/h1-7,17H,14H2,(H,15,16,18). The first kappa shape index (κ1) is 12.0. The van der Waals surface area contributed by atoms with Crippen LogP contribution in [0.2, 0.25) is 0 Å². The van der Waals surface area contributed by atoms with E-state index in [1.165, 1.54) is 12.1 Å². The van der Waals surface area contributed by atoms with Crippen LogP contribution in [0.3, 0.4) is 0 Å². The summed E-state index contributed by atoms with van der Waals surface area (Å²) in [6.07, 6.45) is 1.04. The fraction of sp³-hybridized carbons (Fsp3) is 0. The average molecular weight is 246 g/mol. The third-order valence-electron chi connectivity index (χ3n) is 2.28. The molecular weight excluding hydrogens is 235 g/mol. The molecule has 2 rings (SSSR count). The molecule has 0 atom stereocenters. The number of nitrogens with one attached hydrogen (secondary N) is 2. The van der Waals surface area contributed by atoms with Crippen LogP contribution in [0.15, 0.2) is 42.6 Å². The van der Waals surface area contributed by atoms with E-state index in [0.717, 1.165) is 6.20 Å². The van der Waals surface area contributed by atoms with Gasteiger partial charge in [0, 0.05) is 11.3 Å². The lowest BCUT2D eigenvalue weighted by atomic mass is 10.2. The monoisotopic (exact) mass is 246 g/mol. The highest BCUT2D eigenvalue weighted by molar-refractivity contribution is 6.03. The number of pyridine rings is 1. The Balaban J connectivity index is 2.09. The number of hydrogen-bond donors (Lipinski definition) is 3. The Labute approximate surface area is 103 Å². The summed E-state index contributed by atoms with van der Waals surface area (Å²) in [6.45, 7) is 0. The topological polar surface area (TPSA) is 80.0 Å². The highest BCUT2D eigenvalue weighted by Gasteiger charge is 2.06. The summed E-state index contributed by atoms with van der Waals surface area (Å²) in [5, 5.41) is 2.55. The maximum atomic E-state index is 12.6. The first-order valence-electron chi connectivity index (χ1n) is 5.18. The molecule has 2 aromatic rings. The van der Waals surface area contributed by atoms with E-state index in [0.29, 0.717) is 17.1 Å². The van der Waals surface area contributed by atoms with Crippen molar-refractivity contribution in [2.75, 3.05) is 10.7 Å². The van der Waals surface area contributed by atoms with Crippen molar-refractivity contribution in [3.8, 4) is 0 Å². The van der Waals surface area contributed by atoms with Crippen LogP contribution in [0.4, 0.5) is 15.9 Å². The van der Waals surface area contributed by atoms with Gasteiger partial charge in [0.15, 0.2) is 0 Å². The molecule has 1 amide bonds. The zero-order valence-electron chi connectivity index (χ0n) is 9.35. The number of amides is 1. The Morgan fingerprint density at radius 1 is 1.17 bits per heavy atom. The van der Waals surface area contributed by atoms with Gasteiger partial charge in [-0.05, 0) is 36.4 Å². The molecular formula is C12H11FN4O. The second-order valence-corrected chi connectivity index (χ2v) is 3.54. The number of rotatable bonds is 3. The fourth-order valence-electron chi connectivity index (χ4n) is 1.36. The van der Waals surface area contributed by atoms with Gasteiger partial charge in [-0.25, -0.2) is 9.37 Å². The molecule has 0 aliphatic carbocycles. The molecule has 6 heteroatoms. The predicted octanol–water partition coefficient (Wildman–Crippen LogP) is 1.76. The van der Waals surface area contributed by atoms with E-state index >= 15 is 0 Å². The maximum Gasteiger partial charge on any atom is 0.256 e. The fourth-order valence-corrected chi connectivity index (χ4v) is 1.36. The molecule has 0 unspecified atom stereocenters. The molecule has 1 aromatic heterocycles. The minimum absolute atomic E-state index is 0.294. The summed E-state index contributed by atoms with van der Waals surface area (Å²) < 4.78 is 12.6. The minimum Gasteiger partial charge on any atom is -0.324 e. The van der Waals surface area contributed by atoms with E-state index in [2.05, 4.69) is 15.7 Å². The average Bonchev–Trinajstić information content (AvgIpc) is 2.41. The molecule has 0 saturated carbocycles. The lowest BCUT2D eigenvalue weighted by molar-refractivity contribution is 0.102. The number of aromatic nitrogens is 1. The first-order chi connectivity index (χ1) is 8.69. The van der Waals surface area contributed by atoms with Gasteiger partial charge >= 0.3 is 0 Å². The Bertz CT molecular complexity index is 539. The van der Waals surface area contributed by atoms with Crippen LogP contribution < -0.4 is 16.6 Å². The molecule has 1 heterocycles. The normalized spacial score (nSPS) is 9.89. The van der Waals surface area contributed by atoms with Crippen LogP contribution >= 0.6 is 0 Å². The third kappa shape index (κ3) is 2.80. The van der Waals surface area contributed by atoms with Crippen LogP contribution in [0.5, 0.6) is 0 Å². The Morgan fingerprint density at radius 3 is 2.44 bits per heavy atom. The number of nitrogens with zero attached hydrogens (tertiary/aromatic N) is 1. The van der Waals surface area contributed by atoms with E-state index in [9.17, 15) is 9.18 Å². The van der Waals surface area contributed by atoms with Gasteiger partial charge in [-0.3, -0.25) is 10.6 Å². The number of anilines is 2. The first-order valence-corrected chi connectivity index (χ1v) is 5.18. The van der Waals surface area contributed by atoms with Crippen LogP contribution in [0.25, 0.3) is 0 Å². The molecule has 0 saturated heterocycles. The summed E-state index contributed by atoms with van der Waals surface area (Å²) >= 11 is 0. The molecule has 92 valence electrons. The second-order valence-electron chi connectivity index (χ2n) is 3.54. The van der Waals surface area contributed by atoms with Crippen molar-refractivity contribution in [2.24, 2.45) is 5.84 Å². The molecule has 1 aromatic carbocycles. The van der Waals surface area contributed by atoms with E-state index < -0.39 is 5.82 Å². The molecule has 0 fully saturated rings. The minimum atomic E-state index is -0.452. The predicted molar refractivity (Wildman–Crippen MR) is 66.4 cm³/mol. The lowest BCUT2D eigenvalue weighted by Crippen LogP contribution is -2.13. The van der Waals surface area contributed by atoms with Crippen LogP contribution in [-0.4, -0.2) is 10.9 Å². The number of carbonyl (C=O) groups is 1. The van der Waals surface area contributed by atoms with Crippen LogP contribution in [-0.2, 0) is 0 Å². The van der Waals surface area contributed by atoms with E-state index in [4.69, 9.17) is 5.84 Å². The van der Waals surface area contributed by atoms with Crippen molar-refractivity contribution < 1.29 is 9.18 Å². The van der Waals surface area contributed by atoms with E-state index in [1.807, 2.05) is 0 Å². The van der Waals surface area contributed by atoms with E-state index in [1.54, 1.807) is 24.3 Å². The number of nitrogen functional groups attached to an aromatic ring is 1. The van der Waals surface area contributed by atoms with Crippen molar-refractivity contribution in [2.45, 2.75) is 0 Å². The molecule has 0 aliphatic heterocycles. The molecule has 0 radical (unpaired) electrons.